The summed E-state index contributed by atoms with van der Waals surface area (Å²) in [7, 11) is 0. The zero-order valence-electron chi connectivity index (χ0n) is 11.8. The predicted molar refractivity (Wildman–Crippen MR) is 88.5 cm³/mol. The Morgan fingerprint density at radius 1 is 1.14 bits per heavy atom. The van der Waals surface area contributed by atoms with Gasteiger partial charge in [0.25, 0.3) is 0 Å². The van der Waals surface area contributed by atoms with E-state index in [4.69, 9.17) is 0 Å². The summed E-state index contributed by atoms with van der Waals surface area (Å²) in [6.07, 6.45) is 3.34. The molecule has 0 atom stereocenters. The highest BCUT2D eigenvalue weighted by atomic mass is 19.1. The minimum Gasteiger partial charge on any atom is -0.277 e. The number of hydrogen-bond acceptors (Lipinski definition) is 3. The number of hydrazone groups is 1. The van der Waals surface area contributed by atoms with Gasteiger partial charge in [0, 0.05) is 17.1 Å². The molecule has 0 spiro atoms. The zero-order valence-corrected chi connectivity index (χ0v) is 11.8. The highest BCUT2D eigenvalue weighted by molar-refractivity contribution is 6.08. The van der Waals surface area contributed by atoms with Gasteiger partial charge in [0.2, 0.25) is 0 Å². The van der Waals surface area contributed by atoms with Crippen molar-refractivity contribution in [3.8, 4) is 0 Å². The third-order valence-electron chi connectivity index (χ3n) is 3.26. The Morgan fingerprint density at radius 2 is 2.00 bits per heavy atom. The zero-order chi connectivity index (χ0) is 15.4. The standard InChI is InChI=1S/C18H14FN3/c1-2-16(13-6-3-7-14(19)12-13)21-22-18-10-4-9-17-15(18)8-5-11-20-17/h2-12,22H,1H2/b21-16+. The maximum absolute atomic E-state index is 13.3. The summed E-state index contributed by atoms with van der Waals surface area (Å²) in [5.41, 5.74) is 5.97. The van der Waals surface area contributed by atoms with Crippen LogP contribution < -0.4 is 5.43 Å². The molecular formula is C18H14FN3. The van der Waals surface area contributed by atoms with Gasteiger partial charge in [-0.05, 0) is 42.5 Å². The molecule has 1 N–H and O–H groups in total. The van der Waals surface area contributed by atoms with Gasteiger partial charge in [0.15, 0.2) is 0 Å². The molecule has 3 aromatic rings. The van der Waals surface area contributed by atoms with E-state index in [2.05, 4.69) is 22.1 Å². The minimum atomic E-state index is -0.304. The minimum absolute atomic E-state index is 0.304. The van der Waals surface area contributed by atoms with E-state index in [1.165, 1.54) is 12.1 Å². The van der Waals surface area contributed by atoms with Crippen LogP contribution in [0, 0.1) is 5.82 Å². The van der Waals surface area contributed by atoms with E-state index in [1.807, 2.05) is 30.3 Å². The van der Waals surface area contributed by atoms with Crippen LogP contribution in [0.5, 0.6) is 0 Å². The molecule has 0 fully saturated rings. The maximum atomic E-state index is 13.3. The molecule has 0 aliphatic carbocycles. The third-order valence-corrected chi connectivity index (χ3v) is 3.26. The SMILES string of the molecule is C=C/C(=N\Nc1cccc2ncccc12)c1cccc(F)c1. The Bertz CT molecular complexity index is 850. The second-order valence-electron chi connectivity index (χ2n) is 4.70. The van der Waals surface area contributed by atoms with Crippen LogP contribution in [0.1, 0.15) is 5.56 Å². The number of pyridine rings is 1. The lowest BCUT2D eigenvalue weighted by molar-refractivity contribution is 0.627. The Labute approximate surface area is 127 Å². The van der Waals surface area contributed by atoms with Gasteiger partial charge in [0.1, 0.15) is 5.82 Å². The summed E-state index contributed by atoms with van der Waals surface area (Å²) in [5.74, 6) is -0.304. The quantitative estimate of drug-likeness (QED) is 0.572. The Hall–Kier alpha value is -3.01. The average Bonchev–Trinajstić information content (AvgIpc) is 2.56. The van der Waals surface area contributed by atoms with E-state index in [-0.39, 0.29) is 5.82 Å². The van der Waals surface area contributed by atoms with Gasteiger partial charge in [-0.3, -0.25) is 10.4 Å². The van der Waals surface area contributed by atoms with Gasteiger partial charge in [-0.1, -0.05) is 24.8 Å². The van der Waals surface area contributed by atoms with Gasteiger partial charge in [0.05, 0.1) is 16.9 Å². The summed E-state index contributed by atoms with van der Waals surface area (Å²) < 4.78 is 13.3. The summed E-state index contributed by atoms with van der Waals surface area (Å²) in [5, 5.41) is 5.30. The number of rotatable bonds is 4. The van der Waals surface area contributed by atoms with Crippen molar-refractivity contribution in [1.82, 2.24) is 4.98 Å². The molecular weight excluding hydrogens is 277 g/mol. The molecule has 0 amide bonds. The van der Waals surface area contributed by atoms with Crippen LogP contribution in [-0.2, 0) is 0 Å². The van der Waals surface area contributed by atoms with Crippen LogP contribution in [-0.4, -0.2) is 10.7 Å². The average molecular weight is 291 g/mol. The van der Waals surface area contributed by atoms with Crippen molar-refractivity contribution in [1.29, 1.82) is 0 Å². The van der Waals surface area contributed by atoms with Crippen molar-refractivity contribution < 1.29 is 4.39 Å². The number of nitrogens with one attached hydrogen (secondary N) is 1. The Morgan fingerprint density at radius 3 is 2.82 bits per heavy atom. The molecule has 2 aromatic carbocycles. The number of fused-ring (bicyclic) bond motifs is 1. The molecule has 3 nitrogen and oxygen atoms in total. The second-order valence-corrected chi connectivity index (χ2v) is 4.70. The fraction of sp³-hybridized carbons (Fsp3) is 0. The van der Waals surface area contributed by atoms with Crippen LogP contribution >= 0.6 is 0 Å². The van der Waals surface area contributed by atoms with Gasteiger partial charge in [-0.2, -0.15) is 5.10 Å². The molecule has 0 saturated heterocycles. The lowest BCUT2D eigenvalue weighted by atomic mass is 10.1. The summed E-state index contributed by atoms with van der Waals surface area (Å²) in [6.45, 7) is 3.74. The van der Waals surface area contributed by atoms with E-state index in [9.17, 15) is 4.39 Å². The number of nitrogens with zero attached hydrogens (tertiary/aromatic N) is 2. The highest BCUT2D eigenvalue weighted by Crippen LogP contribution is 2.21. The number of benzene rings is 2. The van der Waals surface area contributed by atoms with Crippen molar-refractivity contribution >= 4 is 22.3 Å². The fourth-order valence-corrected chi connectivity index (χ4v) is 2.20. The van der Waals surface area contributed by atoms with Crippen LogP contribution in [0.25, 0.3) is 10.9 Å². The van der Waals surface area contributed by atoms with Crippen LogP contribution in [0.2, 0.25) is 0 Å². The number of hydrogen-bond donors (Lipinski definition) is 1. The number of anilines is 1. The van der Waals surface area contributed by atoms with Crippen molar-refractivity contribution in [3.63, 3.8) is 0 Å². The molecule has 0 aliphatic heterocycles. The van der Waals surface area contributed by atoms with Gasteiger partial charge in [-0.25, -0.2) is 4.39 Å². The molecule has 0 saturated carbocycles. The van der Waals surface area contributed by atoms with Crippen LogP contribution in [0.15, 0.2) is 78.6 Å². The number of allylic oxidation sites excluding steroid dienone is 1. The van der Waals surface area contributed by atoms with E-state index in [1.54, 1.807) is 24.4 Å². The van der Waals surface area contributed by atoms with Gasteiger partial charge in [-0.15, -0.1) is 0 Å². The smallest absolute Gasteiger partial charge is 0.123 e. The first kappa shape index (κ1) is 13.9. The molecule has 3 rings (SSSR count). The normalized spacial score (nSPS) is 11.4. The topological polar surface area (TPSA) is 37.3 Å². The van der Waals surface area contributed by atoms with Gasteiger partial charge >= 0.3 is 0 Å². The molecule has 0 radical (unpaired) electrons. The summed E-state index contributed by atoms with van der Waals surface area (Å²) in [6, 6.07) is 15.9. The molecule has 0 aliphatic rings. The molecule has 4 heteroatoms. The molecule has 1 aromatic heterocycles. The molecule has 22 heavy (non-hydrogen) atoms. The lowest BCUT2D eigenvalue weighted by Crippen LogP contribution is -2.02. The van der Waals surface area contributed by atoms with Crippen molar-refractivity contribution in [3.05, 3.63) is 84.8 Å². The van der Waals surface area contributed by atoms with E-state index in [0.29, 0.717) is 11.3 Å². The van der Waals surface area contributed by atoms with E-state index in [0.717, 1.165) is 16.6 Å². The second kappa shape index (κ2) is 6.18. The van der Waals surface area contributed by atoms with Crippen molar-refractivity contribution in [2.75, 3.05) is 5.43 Å². The summed E-state index contributed by atoms with van der Waals surface area (Å²) in [4.78, 5) is 4.30. The first-order chi connectivity index (χ1) is 10.8. The van der Waals surface area contributed by atoms with E-state index >= 15 is 0 Å². The number of halogens is 1. The number of aromatic nitrogens is 1. The molecule has 0 unspecified atom stereocenters. The third kappa shape index (κ3) is 2.86. The molecule has 0 bridgehead atoms. The van der Waals surface area contributed by atoms with Crippen LogP contribution in [0.4, 0.5) is 10.1 Å². The van der Waals surface area contributed by atoms with E-state index < -0.39 is 0 Å². The first-order valence-electron chi connectivity index (χ1n) is 6.84. The summed E-state index contributed by atoms with van der Waals surface area (Å²) >= 11 is 0. The molecule has 1 heterocycles. The van der Waals surface area contributed by atoms with Gasteiger partial charge < -0.3 is 0 Å². The Balaban J connectivity index is 1.95. The first-order valence-corrected chi connectivity index (χ1v) is 6.84. The largest absolute Gasteiger partial charge is 0.277 e. The monoisotopic (exact) mass is 291 g/mol. The van der Waals surface area contributed by atoms with Crippen LogP contribution in [0.3, 0.4) is 0 Å². The van der Waals surface area contributed by atoms with Crippen molar-refractivity contribution in [2.24, 2.45) is 5.10 Å². The Kier molecular flexibility index (Phi) is 3.92. The highest BCUT2D eigenvalue weighted by Gasteiger charge is 2.03. The molecule has 108 valence electrons. The predicted octanol–water partition coefficient (Wildman–Crippen LogP) is 4.38. The maximum Gasteiger partial charge on any atom is 0.123 e. The van der Waals surface area contributed by atoms with Crippen molar-refractivity contribution in [2.45, 2.75) is 0 Å². The fourth-order valence-electron chi connectivity index (χ4n) is 2.20. The lowest BCUT2D eigenvalue weighted by Gasteiger charge is -2.07.